The van der Waals surface area contributed by atoms with Crippen LogP contribution in [0.5, 0.6) is 5.75 Å². The molecular weight excluding hydrogens is 1330 g/mol. The van der Waals surface area contributed by atoms with Gasteiger partial charge in [0.1, 0.15) is 23.5 Å². The van der Waals surface area contributed by atoms with Crippen molar-refractivity contribution < 1.29 is 4.74 Å². The molecule has 32 aromatic rings. The highest BCUT2D eigenvalue weighted by Gasteiger charge is 2.76. The fourth-order valence-electron chi connectivity index (χ4n) is 30.3. The van der Waals surface area contributed by atoms with E-state index in [0.717, 1.165) is 58.7 Å². The molecule has 2 spiro atoms. The largest absolute Gasteiger partial charge is 0.494 e. The van der Waals surface area contributed by atoms with Crippen LogP contribution < -0.4 is 4.74 Å². The number of rotatable bonds is 8. The fraction of sp³-hybridized carbons (Fsp3) is 0.0755. The molecule has 480 valence electrons. The van der Waals surface area contributed by atoms with Gasteiger partial charge in [-0.15, -0.1) is 0 Å². The van der Waals surface area contributed by atoms with Crippen molar-refractivity contribution in [3.63, 3.8) is 0 Å². The Morgan fingerprint density at radius 2 is 0.655 bits per heavy atom. The van der Waals surface area contributed by atoms with Crippen LogP contribution in [0.3, 0.4) is 0 Å². The van der Waals surface area contributed by atoms with E-state index < -0.39 is 10.8 Å². The van der Waals surface area contributed by atoms with Gasteiger partial charge in [0, 0.05) is 40.9 Å². The van der Waals surface area contributed by atoms with Gasteiger partial charge in [0.2, 0.25) is 0 Å². The zero-order valence-corrected chi connectivity index (χ0v) is 57.9. The molecule has 5 aliphatic carbocycles. The van der Waals surface area contributed by atoms with Crippen LogP contribution in [-0.2, 0) is 17.4 Å². The Morgan fingerprint density at radius 3 is 0.964 bits per heavy atom. The van der Waals surface area contributed by atoms with Gasteiger partial charge in [0.15, 0.2) is 0 Å². The van der Waals surface area contributed by atoms with Crippen molar-refractivity contribution in [2.45, 2.75) is 36.8 Å². The maximum atomic E-state index is 9.95. The van der Waals surface area contributed by atoms with Crippen molar-refractivity contribution in [2.24, 2.45) is 0 Å². The van der Waals surface area contributed by atoms with Crippen LogP contribution in [0, 0.1) is 46.3 Å². The van der Waals surface area contributed by atoms with Crippen LogP contribution in [0.1, 0.15) is 80.6 Å². The zero-order chi connectivity index (χ0) is 69.0. The Kier molecular flexibility index (Phi) is 6.30. The summed E-state index contributed by atoms with van der Waals surface area (Å²) in [6.45, 7) is 4.62. The third-order valence-corrected chi connectivity index (χ3v) is 32.3. The standard InChI is InChI=1S/C106H35N3O/c1-2-29-110-44-27-21-40(22-28-44)33-109-34-105-100-92-84-74-64-56-48-46-47-50-54-52(48)60-68-62(54)72-66-58(50)59-51(47)55-53-49(46)57(56)65-71-61(53)69-63(55)73-67(59)77-76(66)88-82(72)90-80(68)86(78(84)70(60)64)94(100)96(90)102-98(88)99-89(77)83(73)91-81(69)87-79(71)85(75(65)74)93(92)101(105)95(87)97(91)103(99)106(102,105)104(109)42-25-19-38(20-26-42)16-14-36-11-9-35(10-12-36)13-15-37-17-23-41(24-18-37)45(43(31-107)32-108)30-39-7-5-3-4-6-8-39/h3-12,17-28,30,104H,2,29,33-34H2,1H3. The zero-order valence-electron chi connectivity index (χ0n) is 57.9. The van der Waals surface area contributed by atoms with E-state index in [1.54, 1.807) is 313 Å². The van der Waals surface area contributed by atoms with E-state index in [1.807, 2.05) is 66.8 Å². The van der Waals surface area contributed by atoms with Gasteiger partial charge < -0.3 is 4.74 Å². The smallest absolute Gasteiger partial charge is 0.137 e. The van der Waals surface area contributed by atoms with Crippen LogP contribution >= 0.6 is 0 Å². The minimum Gasteiger partial charge on any atom is -0.494 e. The van der Waals surface area contributed by atoms with Gasteiger partial charge in [-0.1, -0.05) is 103 Å². The van der Waals surface area contributed by atoms with Crippen molar-refractivity contribution in [2.75, 3.05) is 13.2 Å². The third-order valence-electron chi connectivity index (χ3n) is 32.3. The number of hydrogen-bond acceptors (Lipinski definition) is 4. The molecule has 0 saturated carbocycles. The fourth-order valence-corrected chi connectivity index (χ4v) is 30.3. The van der Waals surface area contributed by atoms with E-state index in [9.17, 15) is 10.5 Å². The van der Waals surface area contributed by atoms with Gasteiger partial charge in [0.25, 0.3) is 0 Å². The van der Waals surface area contributed by atoms with Crippen LogP contribution in [-0.4, -0.2) is 18.1 Å². The molecule has 6 aliphatic rings. The molecule has 0 aromatic heterocycles. The van der Waals surface area contributed by atoms with Gasteiger partial charge in [0.05, 0.1) is 23.5 Å². The predicted molar refractivity (Wildman–Crippen MR) is 454 cm³/mol. The minimum atomic E-state index is -0.523. The lowest BCUT2D eigenvalue weighted by Crippen LogP contribution is -2.51. The number of nitrogens with zero attached hydrogens (tertiary/aromatic N) is 3. The number of ether oxygens (including phenoxy) is 1. The number of likely N-dealkylation sites (tertiary alicyclic amines) is 1. The lowest BCUT2D eigenvalue weighted by Gasteiger charge is -2.52. The van der Waals surface area contributed by atoms with Gasteiger partial charge in [-0.3, -0.25) is 4.90 Å². The molecule has 0 amide bonds. The maximum Gasteiger partial charge on any atom is 0.137 e. The molecular formula is C106H35N3O. The lowest BCUT2D eigenvalue weighted by molar-refractivity contribution is 0.218. The van der Waals surface area contributed by atoms with E-state index in [1.165, 1.54) is 11.1 Å². The summed E-state index contributed by atoms with van der Waals surface area (Å²) in [4.78, 5) is 3.08. The Labute approximate surface area is 615 Å². The molecule has 1 saturated heterocycles. The first-order valence-electron chi connectivity index (χ1n) is 39.4. The average molecular weight is 1370 g/mol. The summed E-state index contributed by atoms with van der Waals surface area (Å²) in [6.07, 6.45) is 14.6. The first-order valence-corrected chi connectivity index (χ1v) is 39.4. The summed E-state index contributed by atoms with van der Waals surface area (Å²) in [5.74, 6) is 15.0. The van der Waals surface area contributed by atoms with E-state index in [0.29, 0.717) is 12.2 Å². The molecule has 1 atom stereocenters. The normalized spacial score (nSPS) is 19.4. The Balaban J connectivity index is 0.632. The number of hydrogen-bond donors (Lipinski definition) is 0. The molecule has 32 aromatic carbocycles. The highest BCUT2D eigenvalue weighted by atomic mass is 16.5. The number of allylic oxidation sites excluding steroid dienone is 10. The van der Waals surface area contributed by atoms with Crippen LogP contribution in [0.2, 0.25) is 0 Å². The molecule has 0 bridgehead atoms. The van der Waals surface area contributed by atoms with Crippen molar-refractivity contribution in [3.8, 4) is 41.6 Å². The van der Waals surface area contributed by atoms with E-state index in [4.69, 9.17) is 4.74 Å². The first-order chi connectivity index (χ1) is 54.6. The second-order valence-corrected chi connectivity index (χ2v) is 35.3. The molecule has 110 heavy (non-hydrogen) atoms. The van der Waals surface area contributed by atoms with Crippen molar-refractivity contribution >= 4 is 296 Å². The summed E-state index contributed by atoms with van der Waals surface area (Å²) >= 11 is 0. The lowest BCUT2D eigenvalue weighted by atomic mass is 9.47. The molecule has 0 N–H and O–H groups in total. The Morgan fingerprint density at radius 1 is 0.364 bits per heavy atom. The molecule has 1 heterocycles. The number of benzene rings is 22. The summed E-state index contributed by atoms with van der Waals surface area (Å²) < 4.78 is 6.39. The van der Waals surface area contributed by atoms with Crippen molar-refractivity contribution in [1.29, 1.82) is 10.5 Å². The average Bonchev–Trinajstić information content (AvgIpc) is 1.38. The van der Waals surface area contributed by atoms with Crippen LogP contribution in [0.4, 0.5) is 0 Å². The topological polar surface area (TPSA) is 60.0 Å². The summed E-state index contributed by atoms with van der Waals surface area (Å²) in [7, 11) is 0. The second kappa shape index (κ2) is 14.0. The molecule has 0 radical (unpaired) electrons. The molecule has 4 nitrogen and oxygen atoms in total. The highest BCUT2D eigenvalue weighted by molar-refractivity contribution is 6.82. The van der Waals surface area contributed by atoms with E-state index in [2.05, 4.69) is 120 Å². The van der Waals surface area contributed by atoms with Crippen molar-refractivity contribution in [1.82, 2.24) is 4.90 Å². The highest BCUT2D eigenvalue weighted by Crippen LogP contribution is 2.87. The van der Waals surface area contributed by atoms with Gasteiger partial charge in [-0.05, 0) is 409 Å². The summed E-state index contributed by atoms with van der Waals surface area (Å²) in [5.41, 5.74) is 14.6. The molecule has 4 heteroatoms. The third kappa shape index (κ3) is 3.81. The SMILES string of the molecule is CCCOc1ccc(CN2CC34c5c6c7c8c9c%10c(c%11c%12c3c3c5c5c%13c6c6c7c7c9c9c%14c%10c%10c%11c%11c%12c%12c3c3c5c5c%13c%13c6c6c7c9c7c9c%14c%10c%10c%11c%11c%12c3c3c5c5c%13c6c7c6c9c%10c%11c3c56)C84C2c2ccc(C#Cc3ccc(C#Cc4ccc(C(C=C5C=CC=CC=C5)=C(C#N)C#N)cc4)cc3)cc2)cc1. The predicted octanol–water partition coefficient (Wildman–Crippen LogP) is 25.5. The van der Waals surface area contributed by atoms with E-state index >= 15 is 0 Å². The van der Waals surface area contributed by atoms with E-state index in [-0.39, 0.29) is 11.6 Å². The van der Waals surface area contributed by atoms with Gasteiger partial charge in [-0.2, -0.15) is 10.5 Å². The number of nitriles is 2. The summed E-state index contributed by atoms with van der Waals surface area (Å²) in [6, 6.07) is 39.4. The monoisotopic (exact) mass is 1370 g/mol. The van der Waals surface area contributed by atoms with Crippen LogP contribution in [0.25, 0.3) is 296 Å². The molecule has 1 unspecified atom stereocenters. The molecule has 1 fully saturated rings. The van der Waals surface area contributed by atoms with Crippen molar-refractivity contribution in [3.05, 3.63) is 212 Å². The quantitative estimate of drug-likeness (QED) is 0.0864. The second-order valence-electron chi connectivity index (χ2n) is 35.3. The summed E-state index contributed by atoms with van der Waals surface area (Å²) in [5, 5.41) is 108. The Bertz CT molecular complexity index is 9830. The Hall–Kier alpha value is -14.1. The van der Waals surface area contributed by atoms with Gasteiger partial charge >= 0.3 is 0 Å². The maximum absolute atomic E-state index is 9.95. The molecule has 38 rings (SSSR count). The minimum absolute atomic E-state index is 0.0565. The first kappa shape index (κ1) is 49.6. The van der Waals surface area contributed by atoms with Gasteiger partial charge in [-0.25, -0.2) is 0 Å². The van der Waals surface area contributed by atoms with Crippen LogP contribution in [0.15, 0.2) is 151 Å². The molecule has 1 aliphatic heterocycles.